The van der Waals surface area contributed by atoms with Gasteiger partial charge in [-0.25, -0.2) is 0 Å². The third-order valence-electron chi connectivity index (χ3n) is 5.51. The van der Waals surface area contributed by atoms with Crippen molar-refractivity contribution >= 4 is 0 Å². The van der Waals surface area contributed by atoms with Gasteiger partial charge in [0.25, 0.3) is 0 Å². The average Bonchev–Trinajstić information content (AvgIpc) is 2.98. The molecule has 0 amide bonds. The second-order valence-electron chi connectivity index (χ2n) is 7.03. The summed E-state index contributed by atoms with van der Waals surface area (Å²) >= 11 is 0. The first-order valence-corrected chi connectivity index (χ1v) is 8.72. The predicted molar refractivity (Wildman–Crippen MR) is 97.4 cm³/mol. The van der Waals surface area contributed by atoms with Crippen LogP contribution in [0, 0.1) is 6.92 Å². The van der Waals surface area contributed by atoms with E-state index in [1.54, 1.807) is 42.5 Å². The summed E-state index contributed by atoms with van der Waals surface area (Å²) in [7, 11) is 0. The molecule has 0 saturated heterocycles. The van der Waals surface area contributed by atoms with Crippen molar-refractivity contribution in [2.75, 3.05) is 0 Å². The second kappa shape index (κ2) is 6.01. The summed E-state index contributed by atoms with van der Waals surface area (Å²) in [4.78, 5) is 0. The molecule has 2 atom stereocenters. The topological polar surface area (TPSA) is 0 Å². The van der Waals surface area contributed by atoms with Crippen molar-refractivity contribution in [2.24, 2.45) is 0 Å². The minimum absolute atomic E-state index is 0.00329. The van der Waals surface area contributed by atoms with Crippen molar-refractivity contribution < 1.29 is 13.2 Å². The first-order valence-electron chi connectivity index (χ1n) is 8.72. The van der Waals surface area contributed by atoms with Crippen LogP contribution in [0.1, 0.15) is 40.2 Å². The normalized spacial score (nSPS) is 22.2. The molecule has 4 rings (SSSR count). The van der Waals surface area contributed by atoms with Crippen molar-refractivity contribution in [2.45, 2.75) is 30.9 Å². The molecule has 132 valence electrons. The summed E-state index contributed by atoms with van der Waals surface area (Å²) in [5.41, 5.74) is 1.43. The lowest BCUT2D eigenvalue weighted by Gasteiger charge is -2.34. The van der Waals surface area contributed by atoms with E-state index in [9.17, 15) is 13.2 Å². The third kappa shape index (κ3) is 2.45. The van der Waals surface area contributed by atoms with Crippen molar-refractivity contribution in [1.82, 2.24) is 0 Å². The zero-order chi connectivity index (χ0) is 18.4. The quantitative estimate of drug-likeness (QED) is 0.502. The van der Waals surface area contributed by atoms with Crippen LogP contribution in [-0.4, -0.2) is 6.18 Å². The molecule has 0 heterocycles. The highest BCUT2D eigenvalue weighted by molar-refractivity contribution is 5.55. The molecule has 0 aromatic heterocycles. The number of alkyl halides is 3. The molecular formula is C23H19F3. The maximum absolute atomic E-state index is 14.6. The fourth-order valence-electron chi connectivity index (χ4n) is 4.30. The van der Waals surface area contributed by atoms with Gasteiger partial charge in [0.1, 0.15) is 5.41 Å². The SMILES string of the molecule is Cc1ccc2c(c1)[C@H](c1ccccc1)C[C@]2(c1ccccc1)C(F)(F)F. The number of benzene rings is 3. The van der Waals surface area contributed by atoms with Crippen molar-refractivity contribution in [3.8, 4) is 0 Å². The molecule has 0 aliphatic heterocycles. The summed E-state index contributed by atoms with van der Waals surface area (Å²) in [6.45, 7) is 1.93. The average molecular weight is 352 g/mol. The largest absolute Gasteiger partial charge is 0.402 e. The number of fused-ring (bicyclic) bond motifs is 1. The van der Waals surface area contributed by atoms with Gasteiger partial charge in [-0.1, -0.05) is 84.4 Å². The molecule has 1 aliphatic rings. The molecule has 3 heteroatoms. The zero-order valence-electron chi connectivity index (χ0n) is 14.4. The molecule has 1 aliphatic carbocycles. The van der Waals surface area contributed by atoms with E-state index in [-0.39, 0.29) is 12.3 Å². The van der Waals surface area contributed by atoms with Gasteiger partial charge in [0.05, 0.1) is 0 Å². The highest BCUT2D eigenvalue weighted by atomic mass is 19.4. The van der Waals surface area contributed by atoms with E-state index < -0.39 is 11.6 Å². The van der Waals surface area contributed by atoms with Gasteiger partial charge in [-0.15, -0.1) is 0 Å². The summed E-state index contributed by atoms with van der Waals surface area (Å²) in [5.74, 6) is -0.270. The van der Waals surface area contributed by atoms with Crippen molar-refractivity contribution in [3.63, 3.8) is 0 Å². The van der Waals surface area contributed by atoms with Crippen molar-refractivity contribution in [1.29, 1.82) is 0 Å². The lowest BCUT2D eigenvalue weighted by molar-refractivity contribution is -0.178. The number of rotatable bonds is 2. The minimum atomic E-state index is -4.37. The fraction of sp³-hybridized carbons (Fsp3) is 0.217. The van der Waals surface area contributed by atoms with Gasteiger partial charge in [0, 0.05) is 5.92 Å². The van der Waals surface area contributed by atoms with Crippen LogP contribution in [0.4, 0.5) is 13.2 Å². The van der Waals surface area contributed by atoms with Gasteiger partial charge >= 0.3 is 6.18 Å². The van der Waals surface area contributed by atoms with Gasteiger partial charge in [-0.05, 0) is 35.6 Å². The van der Waals surface area contributed by atoms with Crippen LogP contribution >= 0.6 is 0 Å². The molecule has 26 heavy (non-hydrogen) atoms. The molecule has 0 spiro atoms. The van der Waals surface area contributed by atoms with E-state index in [0.717, 1.165) is 16.7 Å². The lowest BCUT2D eigenvalue weighted by Crippen LogP contribution is -2.41. The number of hydrogen-bond acceptors (Lipinski definition) is 0. The van der Waals surface area contributed by atoms with Gasteiger partial charge in [-0.2, -0.15) is 13.2 Å². The summed E-state index contributed by atoms with van der Waals surface area (Å²) in [6.07, 6.45) is -4.37. The van der Waals surface area contributed by atoms with Gasteiger partial charge in [0.15, 0.2) is 0 Å². The Labute approximate surface area is 151 Å². The van der Waals surface area contributed by atoms with Crippen LogP contribution in [0.5, 0.6) is 0 Å². The maximum atomic E-state index is 14.6. The van der Waals surface area contributed by atoms with Crippen LogP contribution in [-0.2, 0) is 5.41 Å². The van der Waals surface area contributed by atoms with Gasteiger partial charge < -0.3 is 0 Å². The standard InChI is InChI=1S/C23H19F3/c1-16-12-13-21-19(14-16)20(17-8-4-2-5-9-17)15-22(21,23(24,25)26)18-10-6-3-7-11-18/h2-14,20H,15H2,1H3/t20-,22+/m0/s1. The molecule has 3 aromatic rings. The van der Waals surface area contributed by atoms with E-state index >= 15 is 0 Å². The molecule has 3 aromatic carbocycles. The molecule has 0 unspecified atom stereocenters. The summed E-state index contributed by atoms with van der Waals surface area (Å²) in [6, 6.07) is 23.2. The predicted octanol–water partition coefficient (Wildman–Crippen LogP) is 6.38. The Kier molecular flexibility index (Phi) is 3.91. The Morgan fingerprint density at radius 3 is 2.08 bits per heavy atom. The van der Waals surface area contributed by atoms with Crippen molar-refractivity contribution in [3.05, 3.63) is 107 Å². The minimum Gasteiger partial charge on any atom is -0.170 e. The van der Waals surface area contributed by atoms with Crippen LogP contribution in [0.25, 0.3) is 0 Å². The highest BCUT2D eigenvalue weighted by Gasteiger charge is 2.61. The third-order valence-corrected chi connectivity index (χ3v) is 5.51. The highest BCUT2D eigenvalue weighted by Crippen LogP contribution is 2.59. The smallest absolute Gasteiger partial charge is 0.170 e. The summed E-state index contributed by atoms with van der Waals surface area (Å²) < 4.78 is 43.7. The summed E-state index contributed by atoms with van der Waals surface area (Å²) in [5, 5.41) is 0. The zero-order valence-corrected chi connectivity index (χ0v) is 14.4. The monoisotopic (exact) mass is 352 g/mol. The van der Waals surface area contributed by atoms with Gasteiger partial charge in [-0.3, -0.25) is 0 Å². The molecule has 0 nitrogen and oxygen atoms in total. The Balaban J connectivity index is 2.00. The van der Waals surface area contributed by atoms with E-state index in [4.69, 9.17) is 0 Å². The second-order valence-corrected chi connectivity index (χ2v) is 7.03. The molecule has 0 saturated carbocycles. The molecule has 0 radical (unpaired) electrons. The van der Waals surface area contributed by atoms with Crippen LogP contribution in [0.3, 0.4) is 0 Å². The molecule has 0 fully saturated rings. The van der Waals surface area contributed by atoms with Crippen LogP contribution < -0.4 is 0 Å². The van der Waals surface area contributed by atoms with E-state index in [1.165, 1.54) is 0 Å². The Bertz CT molecular complexity index is 913. The maximum Gasteiger partial charge on any atom is 0.402 e. The Hall–Kier alpha value is -2.55. The molecule has 0 bridgehead atoms. The number of aryl methyl sites for hydroxylation is 1. The Morgan fingerprint density at radius 1 is 0.846 bits per heavy atom. The fourth-order valence-corrected chi connectivity index (χ4v) is 4.30. The van der Waals surface area contributed by atoms with E-state index in [0.29, 0.717) is 11.1 Å². The van der Waals surface area contributed by atoms with E-state index in [2.05, 4.69) is 0 Å². The lowest BCUT2D eigenvalue weighted by atomic mass is 9.74. The van der Waals surface area contributed by atoms with Crippen LogP contribution in [0.2, 0.25) is 0 Å². The van der Waals surface area contributed by atoms with Gasteiger partial charge in [0.2, 0.25) is 0 Å². The molecular weight excluding hydrogens is 333 g/mol. The van der Waals surface area contributed by atoms with Crippen LogP contribution in [0.15, 0.2) is 78.9 Å². The first kappa shape index (κ1) is 16.9. The number of halogens is 3. The first-order chi connectivity index (χ1) is 12.4. The van der Waals surface area contributed by atoms with E-state index in [1.807, 2.05) is 43.3 Å². The Morgan fingerprint density at radius 2 is 1.46 bits per heavy atom. The molecule has 0 N–H and O–H groups in total. The number of hydrogen-bond donors (Lipinski definition) is 0.